The van der Waals surface area contributed by atoms with Gasteiger partial charge in [0.15, 0.2) is 0 Å². The van der Waals surface area contributed by atoms with Crippen LogP contribution in [0.3, 0.4) is 0 Å². The van der Waals surface area contributed by atoms with Gasteiger partial charge in [-0.05, 0) is 38.6 Å². The van der Waals surface area contributed by atoms with E-state index in [0.29, 0.717) is 18.7 Å². The average molecular weight is 240 g/mol. The molecule has 1 aromatic rings. The maximum atomic E-state index is 14.3. The molecular formula is C13H18F2N2. The van der Waals surface area contributed by atoms with E-state index in [-0.39, 0.29) is 5.56 Å². The van der Waals surface area contributed by atoms with Gasteiger partial charge in [0.2, 0.25) is 0 Å². The van der Waals surface area contributed by atoms with E-state index in [9.17, 15) is 8.78 Å². The normalized spacial score (nSPS) is 22.6. The molecule has 1 fully saturated rings. The highest BCUT2D eigenvalue weighted by molar-refractivity contribution is 5.42. The molecule has 1 aliphatic rings. The Bertz CT molecular complexity index is 393. The summed E-state index contributed by atoms with van der Waals surface area (Å²) in [7, 11) is 1.89. The maximum Gasteiger partial charge on any atom is 0.277 e. The molecule has 0 aromatic heterocycles. The first-order chi connectivity index (χ1) is 8.00. The number of hydrogen-bond acceptors (Lipinski definition) is 2. The molecule has 0 radical (unpaired) electrons. The number of benzene rings is 1. The standard InChI is InChI=1S/C13H18F2N2/c1-17-7-3-5-11(9-17)13(14,15)10-4-2-6-12(16)8-10/h2,4,6,8,11H,3,5,7,9,16H2,1H3. The Hall–Kier alpha value is -1.16. The zero-order valence-corrected chi connectivity index (χ0v) is 10.00. The van der Waals surface area contributed by atoms with Crippen LogP contribution >= 0.6 is 0 Å². The van der Waals surface area contributed by atoms with Gasteiger partial charge in [-0.25, -0.2) is 8.78 Å². The van der Waals surface area contributed by atoms with Crippen molar-refractivity contribution < 1.29 is 8.78 Å². The summed E-state index contributed by atoms with van der Waals surface area (Å²) >= 11 is 0. The van der Waals surface area contributed by atoms with Crippen molar-refractivity contribution in [1.82, 2.24) is 4.90 Å². The molecule has 0 bridgehead atoms. The molecule has 0 saturated carbocycles. The summed E-state index contributed by atoms with van der Waals surface area (Å²) in [6.07, 6.45) is 1.41. The van der Waals surface area contributed by atoms with Crippen molar-refractivity contribution in [2.24, 2.45) is 5.92 Å². The number of nitrogen functional groups attached to an aromatic ring is 1. The third-order valence-electron chi connectivity index (χ3n) is 3.41. The molecule has 17 heavy (non-hydrogen) atoms. The number of halogens is 2. The zero-order valence-electron chi connectivity index (χ0n) is 10.00. The van der Waals surface area contributed by atoms with Crippen LogP contribution in [0.25, 0.3) is 0 Å². The Morgan fingerprint density at radius 1 is 1.41 bits per heavy atom. The van der Waals surface area contributed by atoms with Crippen molar-refractivity contribution in [1.29, 1.82) is 0 Å². The predicted molar refractivity (Wildman–Crippen MR) is 65.0 cm³/mol. The lowest BCUT2D eigenvalue weighted by Gasteiger charge is -2.35. The predicted octanol–water partition coefficient (Wildman–Crippen LogP) is 2.70. The van der Waals surface area contributed by atoms with Crippen molar-refractivity contribution in [3.05, 3.63) is 29.8 Å². The second-order valence-electron chi connectivity index (χ2n) is 4.85. The molecule has 1 aliphatic heterocycles. The van der Waals surface area contributed by atoms with Gasteiger partial charge in [0.1, 0.15) is 0 Å². The molecule has 94 valence electrons. The van der Waals surface area contributed by atoms with E-state index in [2.05, 4.69) is 0 Å². The molecule has 2 nitrogen and oxygen atoms in total. The fraction of sp³-hybridized carbons (Fsp3) is 0.538. The van der Waals surface area contributed by atoms with Crippen molar-refractivity contribution in [3.8, 4) is 0 Å². The fourth-order valence-corrected chi connectivity index (χ4v) is 2.44. The van der Waals surface area contributed by atoms with Gasteiger partial charge >= 0.3 is 0 Å². The third-order valence-corrected chi connectivity index (χ3v) is 3.41. The molecule has 0 aliphatic carbocycles. The van der Waals surface area contributed by atoms with E-state index in [1.54, 1.807) is 12.1 Å². The number of nitrogens with two attached hydrogens (primary N) is 1. The summed E-state index contributed by atoms with van der Waals surface area (Å²) in [5.74, 6) is -3.40. The van der Waals surface area contributed by atoms with Crippen LogP contribution in [0.1, 0.15) is 18.4 Å². The molecule has 0 amide bonds. The SMILES string of the molecule is CN1CCCC(C(F)(F)c2cccc(N)c2)C1. The van der Waals surface area contributed by atoms with Gasteiger partial charge in [0, 0.05) is 23.7 Å². The molecule has 2 rings (SSSR count). The van der Waals surface area contributed by atoms with Crippen molar-refractivity contribution in [2.75, 3.05) is 25.9 Å². The Labute approximate surface area is 100 Å². The van der Waals surface area contributed by atoms with Crippen molar-refractivity contribution in [2.45, 2.75) is 18.8 Å². The van der Waals surface area contributed by atoms with E-state index in [0.717, 1.165) is 13.0 Å². The molecule has 4 heteroatoms. The van der Waals surface area contributed by atoms with Crippen LogP contribution in [0.4, 0.5) is 14.5 Å². The molecule has 2 N–H and O–H groups in total. The third kappa shape index (κ3) is 2.57. The minimum atomic E-state index is -2.79. The number of anilines is 1. The highest BCUT2D eigenvalue weighted by Gasteiger charge is 2.42. The number of alkyl halides is 2. The molecular weight excluding hydrogens is 222 g/mol. The second-order valence-corrected chi connectivity index (χ2v) is 4.85. The van der Waals surface area contributed by atoms with Crippen LogP contribution in [0.5, 0.6) is 0 Å². The number of rotatable bonds is 2. The Morgan fingerprint density at radius 2 is 2.18 bits per heavy atom. The highest BCUT2D eigenvalue weighted by Crippen LogP contribution is 2.40. The van der Waals surface area contributed by atoms with Crippen LogP contribution in [0.15, 0.2) is 24.3 Å². The number of nitrogens with zero attached hydrogens (tertiary/aromatic N) is 1. The first-order valence-electron chi connectivity index (χ1n) is 5.92. The van der Waals surface area contributed by atoms with Crippen LogP contribution < -0.4 is 5.73 Å². The summed E-state index contributed by atoms with van der Waals surface area (Å²) < 4.78 is 28.6. The van der Waals surface area contributed by atoms with Gasteiger partial charge in [-0.2, -0.15) is 0 Å². The van der Waals surface area contributed by atoms with Gasteiger partial charge in [-0.3, -0.25) is 0 Å². The van der Waals surface area contributed by atoms with Gasteiger partial charge < -0.3 is 10.6 Å². The average Bonchev–Trinajstić information content (AvgIpc) is 2.29. The lowest BCUT2D eigenvalue weighted by atomic mass is 9.87. The Morgan fingerprint density at radius 3 is 2.82 bits per heavy atom. The van der Waals surface area contributed by atoms with E-state index in [4.69, 9.17) is 5.73 Å². The van der Waals surface area contributed by atoms with Gasteiger partial charge in [0.25, 0.3) is 5.92 Å². The summed E-state index contributed by atoms with van der Waals surface area (Å²) in [5.41, 5.74) is 6.00. The number of hydrogen-bond donors (Lipinski definition) is 1. The van der Waals surface area contributed by atoms with Crippen LogP contribution in [0, 0.1) is 5.92 Å². The molecule has 1 atom stereocenters. The van der Waals surface area contributed by atoms with E-state index in [1.807, 2.05) is 11.9 Å². The molecule has 1 saturated heterocycles. The first kappa shape index (κ1) is 12.3. The quantitative estimate of drug-likeness (QED) is 0.805. The zero-order chi connectivity index (χ0) is 12.5. The largest absolute Gasteiger partial charge is 0.399 e. The molecule has 1 heterocycles. The minimum absolute atomic E-state index is 0.0396. The van der Waals surface area contributed by atoms with Gasteiger partial charge in [0.05, 0.1) is 0 Å². The summed E-state index contributed by atoms with van der Waals surface area (Å²) in [4.78, 5) is 1.97. The summed E-state index contributed by atoms with van der Waals surface area (Å²) in [5, 5.41) is 0. The fourth-order valence-electron chi connectivity index (χ4n) is 2.44. The van der Waals surface area contributed by atoms with Gasteiger partial charge in [-0.1, -0.05) is 12.1 Å². The van der Waals surface area contributed by atoms with Crippen LogP contribution in [0.2, 0.25) is 0 Å². The smallest absolute Gasteiger partial charge is 0.277 e. The Balaban J connectivity index is 2.22. The summed E-state index contributed by atoms with van der Waals surface area (Å²) in [6, 6.07) is 6.07. The van der Waals surface area contributed by atoms with Gasteiger partial charge in [-0.15, -0.1) is 0 Å². The lowest BCUT2D eigenvalue weighted by Crippen LogP contribution is -2.40. The number of likely N-dealkylation sites (tertiary alicyclic amines) is 1. The first-order valence-corrected chi connectivity index (χ1v) is 5.92. The molecule has 0 spiro atoms. The summed E-state index contributed by atoms with van der Waals surface area (Å²) in [6.45, 7) is 1.35. The Kier molecular flexibility index (Phi) is 3.33. The highest BCUT2D eigenvalue weighted by atomic mass is 19.3. The molecule has 1 unspecified atom stereocenters. The topological polar surface area (TPSA) is 29.3 Å². The monoisotopic (exact) mass is 240 g/mol. The van der Waals surface area contributed by atoms with Crippen LogP contribution in [-0.4, -0.2) is 25.0 Å². The van der Waals surface area contributed by atoms with E-state index in [1.165, 1.54) is 12.1 Å². The molecule has 1 aromatic carbocycles. The van der Waals surface area contributed by atoms with E-state index < -0.39 is 11.8 Å². The lowest BCUT2D eigenvalue weighted by molar-refractivity contribution is -0.0863. The maximum absolute atomic E-state index is 14.3. The second kappa shape index (κ2) is 4.61. The van der Waals surface area contributed by atoms with E-state index >= 15 is 0 Å². The minimum Gasteiger partial charge on any atom is -0.399 e. The number of piperidine rings is 1. The van der Waals surface area contributed by atoms with Crippen molar-refractivity contribution in [3.63, 3.8) is 0 Å². The van der Waals surface area contributed by atoms with Crippen molar-refractivity contribution >= 4 is 5.69 Å². The van der Waals surface area contributed by atoms with Crippen LogP contribution in [-0.2, 0) is 5.92 Å².